The summed E-state index contributed by atoms with van der Waals surface area (Å²) in [7, 11) is 3.33. The highest BCUT2D eigenvalue weighted by molar-refractivity contribution is 6.31. The average Bonchev–Trinajstić information content (AvgIpc) is 3.22. The van der Waals surface area contributed by atoms with Gasteiger partial charge in [0.15, 0.2) is 11.6 Å². The van der Waals surface area contributed by atoms with Crippen LogP contribution in [0.4, 0.5) is 0 Å². The maximum Gasteiger partial charge on any atom is 0.236 e. The van der Waals surface area contributed by atoms with Gasteiger partial charge in [0.1, 0.15) is 18.6 Å². The molecule has 2 aromatic heterocycles. The van der Waals surface area contributed by atoms with Crippen LogP contribution in [0.25, 0.3) is 17.1 Å². The molecule has 1 aromatic carbocycles. The summed E-state index contributed by atoms with van der Waals surface area (Å²) in [5.74, 6) is 1.97. The fourth-order valence-corrected chi connectivity index (χ4v) is 3.44. The molecular weight excluding hydrogens is 368 g/mol. The molecular formula is C18H19ClN6O2. The van der Waals surface area contributed by atoms with E-state index in [0.717, 1.165) is 28.6 Å². The van der Waals surface area contributed by atoms with Gasteiger partial charge in [0.05, 0.1) is 24.5 Å². The largest absolute Gasteiger partial charge is 0.477 e. The molecule has 0 fully saturated rings. The molecule has 0 amide bonds. The van der Waals surface area contributed by atoms with E-state index in [-0.39, 0.29) is 0 Å². The van der Waals surface area contributed by atoms with Crippen LogP contribution in [0.1, 0.15) is 24.1 Å². The number of hydrogen-bond acceptors (Lipinski definition) is 6. The molecule has 0 unspecified atom stereocenters. The van der Waals surface area contributed by atoms with Crippen molar-refractivity contribution >= 4 is 17.5 Å². The van der Waals surface area contributed by atoms with E-state index >= 15 is 0 Å². The Morgan fingerprint density at radius 2 is 2.19 bits per heavy atom. The quantitative estimate of drug-likeness (QED) is 0.398. The third kappa shape index (κ3) is 2.90. The van der Waals surface area contributed by atoms with Gasteiger partial charge in [0, 0.05) is 24.7 Å². The molecule has 4 rings (SSSR count). The number of methoxy groups -OCH3 is 1. The highest BCUT2D eigenvalue weighted by atomic mass is 35.5. The summed E-state index contributed by atoms with van der Waals surface area (Å²) < 4.78 is 15.0. The first-order valence-corrected chi connectivity index (χ1v) is 8.93. The van der Waals surface area contributed by atoms with Crippen molar-refractivity contribution in [2.75, 3.05) is 20.8 Å². The summed E-state index contributed by atoms with van der Waals surface area (Å²) in [6.07, 6.45) is 1.78. The van der Waals surface area contributed by atoms with E-state index in [1.54, 1.807) is 20.5 Å². The summed E-state index contributed by atoms with van der Waals surface area (Å²) in [6.45, 7) is 3.30. The Labute approximate surface area is 161 Å². The zero-order valence-electron chi connectivity index (χ0n) is 15.3. The monoisotopic (exact) mass is 386 g/mol. The van der Waals surface area contributed by atoms with Crippen LogP contribution in [-0.2, 0) is 22.6 Å². The molecule has 3 aromatic rings. The third-order valence-corrected chi connectivity index (χ3v) is 4.66. The summed E-state index contributed by atoms with van der Waals surface area (Å²) in [5, 5.41) is 9.32. The predicted octanol–water partition coefficient (Wildman–Crippen LogP) is 2.71. The van der Waals surface area contributed by atoms with E-state index < -0.39 is 0 Å². The summed E-state index contributed by atoms with van der Waals surface area (Å²) in [6, 6.07) is 5.69. The number of benzene rings is 1. The number of imidazole rings is 1. The molecule has 9 heteroatoms. The number of aliphatic imine (C=N–C) groups is 1. The van der Waals surface area contributed by atoms with Crippen LogP contribution in [0.3, 0.4) is 0 Å². The Bertz CT molecular complexity index is 1020. The number of halogens is 1. The minimum atomic E-state index is 0.354. The number of rotatable bonds is 4. The van der Waals surface area contributed by atoms with Crippen molar-refractivity contribution in [3.63, 3.8) is 0 Å². The van der Waals surface area contributed by atoms with Crippen LogP contribution in [0, 0.1) is 0 Å². The van der Waals surface area contributed by atoms with Crippen LogP contribution in [-0.4, -0.2) is 51.0 Å². The molecule has 0 aliphatic carbocycles. The Morgan fingerprint density at radius 1 is 1.33 bits per heavy atom. The smallest absolute Gasteiger partial charge is 0.236 e. The van der Waals surface area contributed by atoms with Crippen LogP contribution in [0.5, 0.6) is 0 Å². The minimum absolute atomic E-state index is 0.354. The second-order valence-corrected chi connectivity index (χ2v) is 6.43. The van der Waals surface area contributed by atoms with Crippen LogP contribution >= 0.6 is 11.6 Å². The molecule has 1 aliphatic rings. The van der Waals surface area contributed by atoms with Gasteiger partial charge in [-0.25, -0.2) is 4.98 Å². The Balaban J connectivity index is 1.98. The van der Waals surface area contributed by atoms with Gasteiger partial charge in [0.2, 0.25) is 5.90 Å². The lowest BCUT2D eigenvalue weighted by Crippen LogP contribution is -2.14. The van der Waals surface area contributed by atoms with Crippen molar-refractivity contribution in [3.05, 3.63) is 46.8 Å². The van der Waals surface area contributed by atoms with E-state index in [0.29, 0.717) is 36.4 Å². The summed E-state index contributed by atoms with van der Waals surface area (Å²) in [5.41, 5.74) is 3.44. The molecule has 27 heavy (non-hydrogen) atoms. The highest BCUT2D eigenvalue weighted by Crippen LogP contribution is 2.34. The van der Waals surface area contributed by atoms with E-state index in [1.807, 2.05) is 34.3 Å². The maximum absolute atomic E-state index is 6.26. The van der Waals surface area contributed by atoms with Crippen LogP contribution in [0.15, 0.2) is 29.5 Å². The summed E-state index contributed by atoms with van der Waals surface area (Å²) >= 11 is 6.26. The van der Waals surface area contributed by atoms with E-state index in [1.165, 1.54) is 0 Å². The topological polar surface area (TPSA) is 79.4 Å². The second-order valence-electron chi connectivity index (χ2n) is 5.99. The lowest BCUT2D eigenvalue weighted by Gasteiger charge is -2.11. The molecule has 1 aliphatic heterocycles. The second kappa shape index (κ2) is 7.13. The molecule has 0 radical (unpaired) electrons. The number of aromatic nitrogens is 5. The van der Waals surface area contributed by atoms with Crippen molar-refractivity contribution in [3.8, 4) is 17.1 Å². The third-order valence-electron chi connectivity index (χ3n) is 4.42. The van der Waals surface area contributed by atoms with E-state index in [4.69, 9.17) is 21.1 Å². The number of fused-ring (bicyclic) bond motifs is 5. The molecule has 0 saturated carbocycles. The Hall–Kier alpha value is -2.71. The first-order valence-electron chi connectivity index (χ1n) is 8.55. The standard InChI is InChI=1S/C18H19ClN6O2/c1-4-27-18(20-2)16-14-8-24-15(9-26-3)22-23-17(24)12-7-11(19)5-6-13(12)25(14)10-21-16/h5-7,10H,4,8-9H2,1-3H3/b20-18-. The van der Waals surface area contributed by atoms with Crippen LogP contribution < -0.4 is 0 Å². The van der Waals surface area contributed by atoms with Gasteiger partial charge in [0.25, 0.3) is 0 Å². The van der Waals surface area contributed by atoms with E-state index in [9.17, 15) is 0 Å². The zero-order valence-corrected chi connectivity index (χ0v) is 16.1. The van der Waals surface area contributed by atoms with Crippen molar-refractivity contribution in [2.24, 2.45) is 4.99 Å². The number of nitrogens with zero attached hydrogens (tertiary/aromatic N) is 6. The fourth-order valence-electron chi connectivity index (χ4n) is 3.27. The predicted molar refractivity (Wildman–Crippen MR) is 101 cm³/mol. The van der Waals surface area contributed by atoms with Crippen molar-refractivity contribution in [1.82, 2.24) is 24.3 Å². The Kier molecular flexibility index (Phi) is 4.67. The summed E-state index contributed by atoms with van der Waals surface area (Å²) in [4.78, 5) is 8.84. The average molecular weight is 387 g/mol. The number of hydrogen-bond donors (Lipinski definition) is 0. The van der Waals surface area contributed by atoms with Gasteiger partial charge < -0.3 is 14.0 Å². The molecule has 3 heterocycles. The number of ether oxygens (including phenoxy) is 2. The van der Waals surface area contributed by atoms with Gasteiger partial charge in [-0.05, 0) is 25.1 Å². The fraction of sp³-hybridized carbons (Fsp3) is 0.333. The first kappa shape index (κ1) is 17.7. The minimum Gasteiger partial charge on any atom is -0.477 e. The SMILES string of the molecule is CCO/C(=N\C)c1ncn2c1Cn1c(COC)nnc1-c1cc(Cl)ccc1-2. The lowest BCUT2D eigenvalue weighted by molar-refractivity contribution is 0.174. The maximum atomic E-state index is 6.26. The zero-order chi connectivity index (χ0) is 19.0. The normalized spacial score (nSPS) is 13.0. The van der Waals surface area contributed by atoms with Gasteiger partial charge in [-0.1, -0.05) is 11.6 Å². The van der Waals surface area contributed by atoms with Crippen molar-refractivity contribution in [1.29, 1.82) is 0 Å². The van der Waals surface area contributed by atoms with Crippen LogP contribution in [0.2, 0.25) is 5.02 Å². The molecule has 140 valence electrons. The molecule has 0 bridgehead atoms. The molecule has 0 saturated heterocycles. The van der Waals surface area contributed by atoms with Gasteiger partial charge >= 0.3 is 0 Å². The van der Waals surface area contributed by atoms with Crippen molar-refractivity contribution in [2.45, 2.75) is 20.1 Å². The lowest BCUT2D eigenvalue weighted by atomic mass is 10.1. The first-order chi connectivity index (χ1) is 13.2. The molecule has 0 N–H and O–H groups in total. The molecule has 0 atom stereocenters. The molecule has 0 spiro atoms. The van der Waals surface area contributed by atoms with Gasteiger partial charge in [-0.2, -0.15) is 0 Å². The Morgan fingerprint density at radius 3 is 2.93 bits per heavy atom. The molecule has 8 nitrogen and oxygen atoms in total. The van der Waals surface area contributed by atoms with Crippen molar-refractivity contribution < 1.29 is 9.47 Å². The van der Waals surface area contributed by atoms with Gasteiger partial charge in [-0.3, -0.25) is 9.56 Å². The van der Waals surface area contributed by atoms with Gasteiger partial charge in [-0.15, -0.1) is 10.2 Å². The van der Waals surface area contributed by atoms with E-state index in [2.05, 4.69) is 20.2 Å². The highest BCUT2D eigenvalue weighted by Gasteiger charge is 2.27.